The summed E-state index contributed by atoms with van der Waals surface area (Å²) in [6, 6.07) is 7.52. The Bertz CT molecular complexity index is 575. The first-order chi connectivity index (χ1) is 9.60. The molecule has 0 saturated carbocycles. The van der Waals surface area contributed by atoms with E-state index in [1.807, 2.05) is 43.1 Å². The molecule has 0 amide bonds. The highest BCUT2D eigenvalue weighted by molar-refractivity contribution is 6.00. The van der Waals surface area contributed by atoms with E-state index < -0.39 is 0 Å². The summed E-state index contributed by atoms with van der Waals surface area (Å²) in [7, 11) is 3.49. The number of rotatable bonds is 6. The van der Waals surface area contributed by atoms with Gasteiger partial charge in [-0.15, -0.1) is 0 Å². The number of ether oxygens (including phenoxy) is 1. The Morgan fingerprint density at radius 2 is 2.15 bits per heavy atom. The quantitative estimate of drug-likeness (QED) is 0.759. The number of benzene rings is 1. The maximum atomic E-state index is 12.3. The van der Waals surface area contributed by atoms with Crippen LogP contribution in [0.15, 0.2) is 41.2 Å². The van der Waals surface area contributed by atoms with Crippen molar-refractivity contribution in [2.24, 2.45) is 0 Å². The van der Waals surface area contributed by atoms with Crippen LogP contribution in [0.25, 0.3) is 0 Å². The van der Waals surface area contributed by atoms with Crippen LogP contribution in [0.1, 0.15) is 21.5 Å². The molecule has 0 bridgehead atoms. The van der Waals surface area contributed by atoms with Gasteiger partial charge < -0.3 is 9.15 Å². The van der Waals surface area contributed by atoms with Gasteiger partial charge in [-0.05, 0) is 37.7 Å². The van der Waals surface area contributed by atoms with E-state index in [1.165, 1.54) is 0 Å². The maximum Gasteiger partial charge on any atom is 0.180 e. The van der Waals surface area contributed by atoms with Crippen molar-refractivity contribution in [3.8, 4) is 5.75 Å². The minimum atomic E-state index is 0.0489. The number of nitrogens with zero attached hydrogens (tertiary/aromatic N) is 1. The van der Waals surface area contributed by atoms with E-state index in [-0.39, 0.29) is 5.78 Å². The van der Waals surface area contributed by atoms with Gasteiger partial charge in [0.15, 0.2) is 5.78 Å². The third-order valence-corrected chi connectivity index (χ3v) is 3.10. The van der Waals surface area contributed by atoms with Crippen LogP contribution in [0.5, 0.6) is 5.75 Å². The fraction of sp³-hybridized carbons (Fsp3) is 0.312. The van der Waals surface area contributed by atoms with Gasteiger partial charge in [0.2, 0.25) is 0 Å². The minimum Gasteiger partial charge on any atom is -0.496 e. The van der Waals surface area contributed by atoms with Crippen molar-refractivity contribution in [3.63, 3.8) is 0 Å². The number of ketones is 1. The lowest BCUT2D eigenvalue weighted by molar-refractivity contribution is 0.0940. The van der Waals surface area contributed by atoms with Gasteiger partial charge in [-0.3, -0.25) is 9.69 Å². The Morgan fingerprint density at radius 1 is 1.35 bits per heavy atom. The Hall–Kier alpha value is -2.07. The number of likely N-dealkylation sites (N-methyl/N-ethyl adjacent to an activating group) is 1. The molecule has 0 aliphatic heterocycles. The average Bonchev–Trinajstić information content (AvgIpc) is 2.90. The smallest absolute Gasteiger partial charge is 0.180 e. The lowest BCUT2D eigenvalue weighted by atomic mass is 10.1. The molecule has 0 aliphatic rings. The standard InChI is InChI=1S/C16H19NO3/c1-12-4-5-14(16(8-12)19-3)15(18)10-17(2)9-13-6-7-20-11-13/h4-8,11H,9-10H2,1-3H3. The van der Waals surface area contributed by atoms with Crippen molar-refractivity contribution in [1.29, 1.82) is 0 Å². The second kappa shape index (κ2) is 6.39. The van der Waals surface area contributed by atoms with Crippen LogP contribution in [0.3, 0.4) is 0 Å². The Kier molecular flexibility index (Phi) is 4.58. The van der Waals surface area contributed by atoms with Crippen LogP contribution in [-0.2, 0) is 6.54 Å². The van der Waals surface area contributed by atoms with Crippen molar-refractivity contribution >= 4 is 5.78 Å². The molecule has 4 nitrogen and oxygen atoms in total. The predicted octanol–water partition coefficient (Wildman–Crippen LogP) is 2.91. The summed E-state index contributed by atoms with van der Waals surface area (Å²) in [6.07, 6.45) is 3.32. The van der Waals surface area contributed by atoms with Crippen LogP contribution in [0, 0.1) is 6.92 Å². The van der Waals surface area contributed by atoms with E-state index in [1.54, 1.807) is 19.6 Å². The van der Waals surface area contributed by atoms with Gasteiger partial charge in [-0.2, -0.15) is 0 Å². The molecule has 4 heteroatoms. The zero-order valence-corrected chi connectivity index (χ0v) is 12.1. The number of furan rings is 1. The second-order valence-electron chi connectivity index (χ2n) is 4.93. The molecule has 2 aromatic rings. The molecule has 0 spiro atoms. The highest BCUT2D eigenvalue weighted by Gasteiger charge is 2.14. The van der Waals surface area contributed by atoms with E-state index in [2.05, 4.69) is 0 Å². The van der Waals surface area contributed by atoms with Gasteiger partial charge in [-0.25, -0.2) is 0 Å². The number of Topliss-reactive ketones (excluding diaryl/α,β-unsaturated/α-hetero) is 1. The molecule has 0 saturated heterocycles. The van der Waals surface area contributed by atoms with Crippen molar-refractivity contribution in [2.75, 3.05) is 20.7 Å². The number of hydrogen-bond acceptors (Lipinski definition) is 4. The maximum absolute atomic E-state index is 12.3. The van der Waals surface area contributed by atoms with Crippen molar-refractivity contribution < 1.29 is 13.9 Å². The summed E-state index contributed by atoms with van der Waals surface area (Å²) in [4.78, 5) is 14.3. The van der Waals surface area contributed by atoms with E-state index in [4.69, 9.17) is 9.15 Å². The lowest BCUT2D eigenvalue weighted by Gasteiger charge is -2.16. The van der Waals surface area contributed by atoms with Gasteiger partial charge in [0, 0.05) is 12.1 Å². The first kappa shape index (κ1) is 14.3. The SMILES string of the molecule is COc1cc(C)ccc1C(=O)CN(C)Cc1ccoc1. The number of carbonyl (C=O) groups is 1. The van der Waals surface area contributed by atoms with Crippen LogP contribution in [0.2, 0.25) is 0 Å². The Labute approximate surface area is 119 Å². The molecule has 1 heterocycles. The molecule has 0 radical (unpaired) electrons. The van der Waals surface area contributed by atoms with Gasteiger partial charge in [-0.1, -0.05) is 6.07 Å². The molecule has 2 rings (SSSR count). The van der Waals surface area contributed by atoms with E-state index in [0.717, 1.165) is 11.1 Å². The number of methoxy groups -OCH3 is 1. The third-order valence-electron chi connectivity index (χ3n) is 3.10. The molecule has 0 N–H and O–H groups in total. The largest absolute Gasteiger partial charge is 0.496 e. The highest BCUT2D eigenvalue weighted by Crippen LogP contribution is 2.20. The van der Waals surface area contributed by atoms with Crippen molar-refractivity contribution in [3.05, 3.63) is 53.5 Å². The fourth-order valence-corrected chi connectivity index (χ4v) is 2.11. The van der Waals surface area contributed by atoms with E-state index in [9.17, 15) is 4.79 Å². The van der Waals surface area contributed by atoms with Gasteiger partial charge in [0.1, 0.15) is 5.75 Å². The topological polar surface area (TPSA) is 42.7 Å². The zero-order chi connectivity index (χ0) is 14.5. The first-order valence-electron chi connectivity index (χ1n) is 6.47. The Morgan fingerprint density at radius 3 is 2.80 bits per heavy atom. The van der Waals surface area contributed by atoms with Crippen LogP contribution >= 0.6 is 0 Å². The van der Waals surface area contributed by atoms with Gasteiger partial charge in [0.05, 0.1) is 31.7 Å². The van der Waals surface area contributed by atoms with Gasteiger partial charge in [0.25, 0.3) is 0 Å². The molecule has 20 heavy (non-hydrogen) atoms. The molecular weight excluding hydrogens is 254 g/mol. The van der Waals surface area contributed by atoms with Crippen molar-refractivity contribution in [1.82, 2.24) is 4.90 Å². The molecule has 1 aromatic heterocycles. The average molecular weight is 273 g/mol. The highest BCUT2D eigenvalue weighted by atomic mass is 16.5. The summed E-state index contributed by atoms with van der Waals surface area (Å²) in [5.41, 5.74) is 2.75. The van der Waals surface area contributed by atoms with Crippen LogP contribution < -0.4 is 4.74 Å². The molecule has 0 aliphatic carbocycles. The monoisotopic (exact) mass is 273 g/mol. The fourth-order valence-electron chi connectivity index (χ4n) is 2.11. The molecule has 106 valence electrons. The number of hydrogen-bond donors (Lipinski definition) is 0. The summed E-state index contributed by atoms with van der Waals surface area (Å²) in [5.74, 6) is 0.680. The summed E-state index contributed by atoms with van der Waals surface area (Å²) in [6.45, 7) is 2.99. The van der Waals surface area contributed by atoms with E-state index in [0.29, 0.717) is 24.4 Å². The Balaban J connectivity index is 2.04. The summed E-state index contributed by atoms with van der Waals surface area (Å²) in [5, 5.41) is 0. The molecule has 0 fully saturated rings. The van der Waals surface area contributed by atoms with E-state index >= 15 is 0 Å². The van der Waals surface area contributed by atoms with Crippen molar-refractivity contribution in [2.45, 2.75) is 13.5 Å². The normalized spacial score (nSPS) is 10.8. The minimum absolute atomic E-state index is 0.0489. The third kappa shape index (κ3) is 3.48. The van der Waals surface area contributed by atoms with Crippen LogP contribution in [-0.4, -0.2) is 31.4 Å². The number of aryl methyl sites for hydroxylation is 1. The van der Waals surface area contributed by atoms with Crippen LogP contribution in [0.4, 0.5) is 0 Å². The molecule has 1 aromatic carbocycles. The second-order valence-corrected chi connectivity index (χ2v) is 4.93. The summed E-state index contributed by atoms with van der Waals surface area (Å²) >= 11 is 0. The molecule has 0 unspecified atom stereocenters. The zero-order valence-electron chi connectivity index (χ0n) is 12.1. The first-order valence-corrected chi connectivity index (χ1v) is 6.47. The number of carbonyl (C=O) groups excluding carboxylic acids is 1. The summed E-state index contributed by atoms with van der Waals surface area (Å²) < 4.78 is 10.3. The van der Waals surface area contributed by atoms with Gasteiger partial charge >= 0.3 is 0 Å². The predicted molar refractivity (Wildman–Crippen MR) is 77.1 cm³/mol. The molecular formula is C16H19NO3. The molecule has 0 atom stereocenters. The lowest BCUT2D eigenvalue weighted by Crippen LogP contribution is -2.25.